The SMILES string of the molecule is CCOC(=O)[C@H](C[C@H](Cc1ccc(OC)c(OCCCOC)c1)C(C)C)NC(=O)OC(C)(C)C. The fraction of sp³-hybridized carbons (Fsp3) is 0.692. The molecule has 0 saturated heterocycles. The van der Waals surface area contributed by atoms with Crippen molar-refractivity contribution in [3.05, 3.63) is 23.8 Å². The zero-order chi connectivity index (χ0) is 25.7. The number of carbonyl (C=O) groups excluding carboxylic acids is 2. The molecule has 0 unspecified atom stereocenters. The molecule has 0 bridgehead atoms. The van der Waals surface area contributed by atoms with Crippen LogP contribution in [0.25, 0.3) is 0 Å². The fourth-order valence-corrected chi connectivity index (χ4v) is 3.45. The van der Waals surface area contributed by atoms with E-state index in [1.54, 1.807) is 41.9 Å². The van der Waals surface area contributed by atoms with Crippen molar-refractivity contribution in [2.75, 3.05) is 34.0 Å². The highest BCUT2D eigenvalue weighted by Crippen LogP contribution is 2.31. The number of benzene rings is 1. The predicted molar refractivity (Wildman–Crippen MR) is 131 cm³/mol. The summed E-state index contributed by atoms with van der Waals surface area (Å²) in [4.78, 5) is 25.0. The monoisotopic (exact) mass is 481 g/mol. The second kappa shape index (κ2) is 14.7. The highest BCUT2D eigenvalue weighted by atomic mass is 16.6. The van der Waals surface area contributed by atoms with Crippen molar-refractivity contribution in [2.24, 2.45) is 11.8 Å². The van der Waals surface area contributed by atoms with Crippen LogP contribution in [0.5, 0.6) is 11.5 Å². The van der Waals surface area contributed by atoms with E-state index in [0.29, 0.717) is 37.6 Å². The third-order valence-electron chi connectivity index (χ3n) is 5.22. The molecule has 0 fully saturated rings. The van der Waals surface area contributed by atoms with Crippen LogP contribution in [0.4, 0.5) is 4.79 Å². The molecule has 34 heavy (non-hydrogen) atoms. The summed E-state index contributed by atoms with van der Waals surface area (Å²) in [5, 5.41) is 2.71. The Morgan fingerprint density at radius 1 is 1.06 bits per heavy atom. The van der Waals surface area contributed by atoms with E-state index in [1.165, 1.54) is 0 Å². The number of alkyl carbamates (subject to hydrolysis) is 1. The number of rotatable bonds is 14. The Balaban J connectivity index is 3.01. The zero-order valence-electron chi connectivity index (χ0n) is 22.1. The van der Waals surface area contributed by atoms with Crippen LogP contribution in [0.3, 0.4) is 0 Å². The van der Waals surface area contributed by atoms with Gasteiger partial charge < -0.3 is 29.0 Å². The first-order valence-corrected chi connectivity index (χ1v) is 12.0. The minimum atomic E-state index is -0.801. The maximum Gasteiger partial charge on any atom is 0.408 e. The molecule has 1 aromatic carbocycles. The summed E-state index contributed by atoms with van der Waals surface area (Å²) in [7, 11) is 3.27. The van der Waals surface area contributed by atoms with E-state index in [0.717, 1.165) is 12.0 Å². The minimum Gasteiger partial charge on any atom is -0.493 e. The lowest BCUT2D eigenvalue weighted by Crippen LogP contribution is -2.45. The number of nitrogens with one attached hydrogen (secondary N) is 1. The van der Waals surface area contributed by atoms with Gasteiger partial charge in [0.15, 0.2) is 11.5 Å². The molecule has 1 amide bonds. The molecule has 194 valence electrons. The summed E-state index contributed by atoms with van der Waals surface area (Å²) >= 11 is 0. The van der Waals surface area contributed by atoms with E-state index in [1.807, 2.05) is 18.2 Å². The van der Waals surface area contributed by atoms with E-state index < -0.39 is 23.7 Å². The Morgan fingerprint density at radius 3 is 2.32 bits per heavy atom. The molecular formula is C26H43NO7. The van der Waals surface area contributed by atoms with Gasteiger partial charge in [-0.05, 0) is 70.1 Å². The highest BCUT2D eigenvalue weighted by Gasteiger charge is 2.29. The van der Waals surface area contributed by atoms with Crippen LogP contribution in [0.15, 0.2) is 18.2 Å². The van der Waals surface area contributed by atoms with Gasteiger partial charge >= 0.3 is 12.1 Å². The molecule has 0 aliphatic rings. The summed E-state index contributed by atoms with van der Waals surface area (Å²) in [6.45, 7) is 12.7. The Bertz CT molecular complexity index is 758. The van der Waals surface area contributed by atoms with Crippen molar-refractivity contribution < 1.29 is 33.3 Å². The van der Waals surface area contributed by atoms with Gasteiger partial charge in [0.2, 0.25) is 0 Å². The Hall–Kier alpha value is -2.48. The first-order chi connectivity index (χ1) is 16.0. The van der Waals surface area contributed by atoms with Gasteiger partial charge in [0.1, 0.15) is 11.6 Å². The summed E-state index contributed by atoms with van der Waals surface area (Å²) < 4.78 is 27.0. The molecule has 1 aromatic rings. The van der Waals surface area contributed by atoms with Crippen LogP contribution in [0.2, 0.25) is 0 Å². The quantitative estimate of drug-likeness (QED) is 0.302. The van der Waals surface area contributed by atoms with Crippen molar-refractivity contribution in [2.45, 2.75) is 72.4 Å². The van der Waals surface area contributed by atoms with E-state index in [9.17, 15) is 9.59 Å². The zero-order valence-corrected chi connectivity index (χ0v) is 22.1. The molecule has 1 N–H and O–H groups in total. The predicted octanol–water partition coefficient (Wildman–Crippen LogP) is 4.77. The minimum absolute atomic E-state index is 0.0964. The molecule has 8 nitrogen and oxygen atoms in total. The molecule has 0 heterocycles. The van der Waals surface area contributed by atoms with Gasteiger partial charge in [-0.1, -0.05) is 19.9 Å². The Labute approximate surface area is 204 Å². The lowest BCUT2D eigenvalue weighted by Gasteiger charge is -2.27. The molecule has 0 aliphatic heterocycles. The summed E-state index contributed by atoms with van der Waals surface area (Å²) in [5.41, 5.74) is 0.393. The second-order valence-electron chi connectivity index (χ2n) is 9.57. The number of hydrogen-bond acceptors (Lipinski definition) is 7. The number of hydrogen-bond donors (Lipinski definition) is 1. The molecule has 0 radical (unpaired) electrons. The van der Waals surface area contributed by atoms with Crippen LogP contribution < -0.4 is 14.8 Å². The van der Waals surface area contributed by atoms with Crippen LogP contribution in [0.1, 0.15) is 59.9 Å². The average Bonchev–Trinajstić information content (AvgIpc) is 2.74. The van der Waals surface area contributed by atoms with Crippen LogP contribution in [0, 0.1) is 11.8 Å². The normalized spacial score (nSPS) is 13.2. The van der Waals surface area contributed by atoms with E-state index in [-0.39, 0.29) is 18.4 Å². The molecule has 0 saturated carbocycles. The van der Waals surface area contributed by atoms with Crippen molar-refractivity contribution >= 4 is 12.1 Å². The highest BCUT2D eigenvalue weighted by molar-refractivity contribution is 5.81. The molecule has 8 heteroatoms. The topological polar surface area (TPSA) is 92.3 Å². The molecule has 1 rings (SSSR count). The number of esters is 1. The van der Waals surface area contributed by atoms with Crippen molar-refractivity contribution in [3.63, 3.8) is 0 Å². The second-order valence-corrected chi connectivity index (χ2v) is 9.57. The maximum absolute atomic E-state index is 12.6. The first-order valence-electron chi connectivity index (χ1n) is 12.0. The average molecular weight is 482 g/mol. The maximum atomic E-state index is 12.6. The van der Waals surface area contributed by atoms with Crippen LogP contribution >= 0.6 is 0 Å². The van der Waals surface area contributed by atoms with Gasteiger partial charge in [-0.3, -0.25) is 0 Å². The van der Waals surface area contributed by atoms with E-state index in [4.69, 9.17) is 23.7 Å². The molecule has 0 aliphatic carbocycles. The number of amides is 1. The number of carbonyl (C=O) groups is 2. The molecule has 0 aromatic heterocycles. The lowest BCUT2D eigenvalue weighted by molar-refractivity contribution is -0.146. The standard InChI is InChI=1S/C26H43NO7/c1-9-32-24(28)21(27-25(29)34-26(4,5)6)17-20(18(2)3)15-19-11-12-22(31-8)23(16-19)33-14-10-13-30-7/h11-12,16,18,20-21H,9-10,13-15,17H2,1-8H3,(H,27,29)/t20-,21-/m0/s1. The largest absolute Gasteiger partial charge is 0.493 e. The first kappa shape index (κ1) is 29.6. The number of ether oxygens (including phenoxy) is 5. The summed E-state index contributed by atoms with van der Waals surface area (Å²) in [6.07, 6.45) is 1.26. The van der Waals surface area contributed by atoms with Crippen LogP contribution in [-0.4, -0.2) is 57.7 Å². The summed E-state index contributed by atoms with van der Waals surface area (Å²) in [5.74, 6) is 1.23. The van der Waals surface area contributed by atoms with Gasteiger partial charge in [-0.25, -0.2) is 9.59 Å². The van der Waals surface area contributed by atoms with E-state index >= 15 is 0 Å². The Morgan fingerprint density at radius 2 is 1.76 bits per heavy atom. The van der Waals surface area contributed by atoms with Crippen molar-refractivity contribution in [1.82, 2.24) is 5.32 Å². The molecule has 0 spiro atoms. The third kappa shape index (κ3) is 11.1. The van der Waals surface area contributed by atoms with Gasteiger partial charge in [-0.2, -0.15) is 0 Å². The lowest BCUT2D eigenvalue weighted by atomic mass is 9.84. The van der Waals surface area contributed by atoms with Crippen LogP contribution in [-0.2, 0) is 25.4 Å². The molecular weight excluding hydrogens is 438 g/mol. The van der Waals surface area contributed by atoms with Gasteiger partial charge in [0.25, 0.3) is 0 Å². The molecule has 2 atom stereocenters. The van der Waals surface area contributed by atoms with E-state index in [2.05, 4.69) is 19.2 Å². The fourth-order valence-electron chi connectivity index (χ4n) is 3.45. The van der Waals surface area contributed by atoms with Gasteiger partial charge in [0, 0.05) is 20.1 Å². The van der Waals surface area contributed by atoms with Gasteiger partial charge in [0.05, 0.1) is 20.3 Å². The van der Waals surface area contributed by atoms with Crippen molar-refractivity contribution in [1.29, 1.82) is 0 Å². The smallest absolute Gasteiger partial charge is 0.408 e. The third-order valence-corrected chi connectivity index (χ3v) is 5.22. The van der Waals surface area contributed by atoms with Gasteiger partial charge in [-0.15, -0.1) is 0 Å². The van der Waals surface area contributed by atoms with Crippen molar-refractivity contribution in [3.8, 4) is 11.5 Å². The summed E-state index contributed by atoms with van der Waals surface area (Å²) in [6, 6.07) is 5.06. The Kier molecular flexibility index (Phi) is 12.8. The number of methoxy groups -OCH3 is 2.